The average molecular weight is 248 g/mol. The van der Waals surface area contributed by atoms with Crippen molar-refractivity contribution in [3.05, 3.63) is 30.4 Å². The van der Waals surface area contributed by atoms with Gasteiger partial charge in [-0.3, -0.25) is 9.89 Å². The molecule has 7 nitrogen and oxygen atoms in total. The Morgan fingerprint density at radius 1 is 1.56 bits per heavy atom. The normalized spacial score (nSPS) is 10.8. The van der Waals surface area contributed by atoms with Gasteiger partial charge in [0.05, 0.1) is 6.33 Å². The second-order valence-corrected chi connectivity index (χ2v) is 4.26. The van der Waals surface area contributed by atoms with Crippen LogP contribution in [0.2, 0.25) is 0 Å². The van der Waals surface area contributed by atoms with E-state index in [1.54, 1.807) is 12.5 Å². The minimum absolute atomic E-state index is 0.185. The Morgan fingerprint density at radius 3 is 3.00 bits per heavy atom. The van der Waals surface area contributed by atoms with E-state index < -0.39 is 0 Å². The Hall–Kier alpha value is -2.18. The molecule has 2 N–H and O–H groups in total. The van der Waals surface area contributed by atoms with E-state index in [4.69, 9.17) is 0 Å². The Balaban J connectivity index is 1.83. The summed E-state index contributed by atoms with van der Waals surface area (Å²) in [4.78, 5) is 19.8. The zero-order valence-corrected chi connectivity index (χ0v) is 10.4. The van der Waals surface area contributed by atoms with Crippen molar-refractivity contribution in [1.82, 2.24) is 30.0 Å². The molecule has 96 valence electrons. The number of aromatic nitrogens is 5. The number of hydrogen-bond donors (Lipinski definition) is 2. The zero-order valence-electron chi connectivity index (χ0n) is 10.4. The summed E-state index contributed by atoms with van der Waals surface area (Å²) in [5.74, 6) is 0.863. The molecule has 2 heterocycles. The quantitative estimate of drug-likeness (QED) is 0.809. The van der Waals surface area contributed by atoms with Gasteiger partial charge in [0.25, 0.3) is 5.91 Å². The summed E-state index contributed by atoms with van der Waals surface area (Å²) in [5.41, 5.74) is 0. The number of aromatic amines is 1. The lowest BCUT2D eigenvalue weighted by Crippen LogP contribution is -2.28. The lowest BCUT2D eigenvalue weighted by Gasteiger charge is -2.03. The monoisotopic (exact) mass is 248 g/mol. The SMILES string of the molecule is CC(C)c1nc(C(=O)NCCn2ccnc2)n[nH]1. The molecule has 0 spiro atoms. The van der Waals surface area contributed by atoms with Crippen LogP contribution >= 0.6 is 0 Å². The largest absolute Gasteiger partial charge is 0.347 e. The molecule has 2 rings (SSSR count). The Labute approximate surface area is 105 Å². The molecule has 0 aliphatic rings. The summed E-state index contributed by atoms with van der Waals surface area (Å²) in [6.07, 6.45) is 5.25. The molecule has 0 radical (unpaired) electrons. The molecule has 0 fully saturated rings. The van der Waals surface area contributed by atoms with E-state index in [9.17, 15) is 4.79 Å². The summed E-state index contributed by atoms with van der Waals surface area (Å²) in [6.45, 7) is 5.16. The zero-order chi connectivity index (χ0) is 13.0. The maximum atomic E-state index is 11.7. The highest BCUT2D eigenvalue weighted by molar-refractivity contribution is 5.90. The standard InChI is InChI=1S/C11H16N6O/c1-8(2)9-14-10(16-15-9)11(18)13-4-6-17-5-3-12-7-17/h3,5,7-8H,4,6H2,1-2H3,(H,13,18)(H,14,15,16). The fourth-order valence-corrected chi connectivity index (χ4v) is 1.43. The highest BCUT2D eigenvalue weighted by Crippen LogP contribution is 2.07. The number of carbonyl (C=O) groups excluding carboxylic acids is 1. The molecule has 0 saturated heterocycles. The van der Waals surface area contributed by atoms with Gasteiger partial charge < -0.3 is 9.88 Å². The van der Waals surface area contributed by atoms with Crippen LogP contribution in [-0.4, -0.2) is 37.2 Å². The van der Waals surface area contributed by atoms with E-state index in [1.807, 2.05) is 24.6 Å². The van der Waals surface area contributed by atoms with Crippen molar-refractivity contribution in [2.45, 2.75) is 26.3 Å². The number of carbonyl (C=O) groups is 1. The van der Waals surface area contributed by atoms with Gasteiger partial charge in [-0.1, -0.05) is 13.8 Å². The van der Waals surface area contributed by atoms with Crippen molar-refractivity contribution in [3.63, 3.8) is 0 Å². The maximum Gasteiger partial charge on any atom is 0.291 e. The van der Waals surface area contributed by atoms with E-state index in [1.165, 1.54) is 0 Å². The van der Waals surface area contributed by atoms with Gasteiger partial charge in [0, 0.05) is 31.4 Å². The van der Waals surface area contributed by atoms with E-state index in [0.717, 1.165) is 5.82 Å². The Kier molecular flexibility index (Phi) is 3.71. The lowest BCUT2D eigenvalue weighted by molar-refractivity contribution is 0.0942. The second kappa shape index (κ2) is 5.44. The van der Waals surface area contributed by atoms with Crippen LogP contribution in [0, 0.1) is 0 Å². The predicted octanol–water partition coefficient (Wildman–Crippen LogP) is 0.555. The first-order chi connectivity index (χ1) is 8.66. The van der Waals surface area contributed by atoms with Gasteiger partial charge in [-0.2, -0.15) is 0 Å². The van der Waals surface area contributed by atoms with Crippen LogP contribution < -0.4 is 5.32 Å². The third kappa shape index (κ3) is 2.93. The molecule has 0 aliphatic carbocycles. The van der Waals surface area contributed by atoms with E-state index in [2.05, 4.69) is 25.5 Å². The van der Waals surface area contributed by atoms with Crippen molar-refractivity contribution in [3.8, 4) is 0 Å². The fourth-order valence-electron chi connectivity index (χ4n) is 1.43. The highest BCUT2D eigenvalue weighted by atomic mass is 16.2. The lowest BCUT2D eigenvalue weighted by atomic mass is 10.2. The summed E-state index contributed by atoms with van der Waals surface area (Å²) >= 11 is 0. The van der Waals surface area contributed by atoms with Crippen molar-refractivity contribution in [2.75, 3.05) is 6.54 Å². The number of imidazole rings is 1. The van der Waals surface area contributed by atoms with Gasteiger partial charge in [0.2, 0.25) is 5.82 Å². The fraction of sp³-hybridized carbons (Fsp3) is 0.455. The van der Waals surface area contributed by atoms with Gasteiger partial charge in [0.15, 0.2) is 0 Å². The van der Waals surface area contributed by atoms with Crippen LogP contribution in [-0.2, 0) is 6.54 Å². The molecular weight excluding hydrogens is 232 g/mol. The smallest absolute Gasteiger partial charge is 0.291 e. The number of nitrogens with one attached hydrogen (secondary N) is 2. The van der Waals surface area contributed by atoms with Crippen LogP contribution in [0.1, 0.15) is 36.2 Å². The topological polar surface area (TPSA) is 88.5 Å². The van der Waals surface area contributed by atoms with Gasteiger partial charge in [-0.05, 0) is 0 Å². The summed E-state index contributed by atoms with van der Waals surface area (Å²) in [7, 11) is 0. The maximum absolute atomic E-state index is 11.7. The summed E-state index contributed by atoms with van der Waals surface area (Å²) < 4.78 is 1.89. The van der Waals surface area contributed by atoms with Crippen LogP contribution in [0.4, 0.5) is 0 Å². The number of H-pyrrole nitrogens is 1. The number of rotatable bonds is 5. The van der Waals surface area contributed by atoms with Crippen molar-refractivity contribution < 1.29 is 4.79 Å². The molecule has 0 unspecified atom stereocenters. The summed E-state index contributed by atoms with van der Waals surface area (Å²) in [5, 5.41) is 9.40. The molecule has 2 aromatic rings. The molecule has 0 aromatic carbocycles. The highest BCUT2D eigenvalue weighted by Gasteiger charge is 2.13. The Bertz CT molecular complexity index is 501. The van der Waals surface area contributed by atoms with E-state index >= 15 is 0 Å². The average Bonchev–Trinajstić information content (AvgIpc) is 2.99. The van der Waals surface area contributed by atoms with Gasteiger partial charge >= 0.3 is 0 Å². The molecule has 0 saturated carbocycles. The Morgan fingerprint density at radius 2 is 2.39 bits per heavy atom. The van der Waals surface area contributed by atoms with E-state index in [0.29, 0.717) is 13.1 Å². The third-order valence-corrected chi connectivity index (χ3v) is 2.47. The molecule has 0 atom stereocenters. The van der Waals surface area contributed by atoms with Gasteiger partial charge in [0.1, 0.15) is 5.82 Å². The molecule has 0 bridgehead atoms. The summed E-state index contributed by atoms with van der Waals surface area (Å²) in [6, 6.07) is 0. The minimum atomic E-state index is -0.265. The van der Waals surface area contributed by atoms with Gasteiger partial charge in [-0.15, -0.1) is 5.10 Å². The first kappa shape index (κ1) is 12.3. The van der Waals surface area contributed by atoms with Crippen molar-refractivity contribution in [2.24, 2.45) is 0 Å². The van der Waals surface area contributed by atoms with Crippen LogP contribution in [0.15, 0.2) is 18.7 Å². The molecule has 0 aliphatic heterocycles. The number of nitrogens with zero attached hydrogens (tertiary/aromatic N) is 4. The number of amides is 1. The first-order valence-corrected chi connectivity index (χ1v) is 5.83. The molecular formula is C11H16N6O. The van der Waals surface area contributed by atoms with Crippen LogP contribution in [0.5, 0.6) is 0 Å². The predicted molar refractivity (Wildman–Crippen MR) is 65.0 cm³/mol. The van der Waals surface area contributed by atoms with Crippen LogP contribution in [0.3, 0.4) is 0 Å². The van der Waals surface area contributed by atoms with E-state index in [-0.39, 0.29) is 17.6 Å². The van der Waals surface area contributed by atoms with Crippen molar-refractivity contribution in [1.29, 1.82) is 0 Å². The minimum Gasteiger partial charge on any atom is -0.347 e. The first-order valence-electron chi connectivity index (χ1n) is 5.83. The van der Waals surface area contributed by atoms with Crippen molar-refractivity contribution >= 4 is 5.91 Å². The van der Waals surface area contributed by atoms with Crippen LogP contribution in [0.25, 0.3) is 0 Å². The third-order valence-electron chi connectivity index (χ3n) is 2.47. The molecule has 1 amide bonds. The second-order valence-electron chi connectivity index (χ2n) is 4.26. The molecule has 18 heavy (non-hydrogen) atoms. The number of hydrogen-bond acceptors (Lipinski definition) is 4. The molecule has 7 heteroatoms. The van der Waals surface area contributed by atoms with Gasteiger partial charge in [-0.25, -0.2) is 9.97 Å². The molecule has 2 aromatic heterocycles.